The van der Waals surface area contributed by atoms with Crippen molar-refractivity contribution in [3.8, 4) is 0 Å². The third-order valence-electron chi connectivity index (χ3n) is 5.88. The van der Waals surface area contributed by atoms with Crippen molar-refractivity contribution >= 4 is 24.2 Å². The molecule has 0 spiro atoms. The largest absolute Gasteiger partial charge is 0.419 e. The van der Waals surface area contributed by atoms with E-state index in [2.05, 4.69) is 37.2 Å². The van der Waals surface area contributed by atoms with Crippen molar-refractivity contribution in [2.24, 2.45) is 16.0 Å². The zero-order valence-corrected chi connectivity index (χ0v) is 17.7. The average Bonchev–Trinajstić information content (AvgIpc) is 3.47. The van der Waals surface area contributed by atoms with E-state index in [1.54, 1.807) is 12.1 Å². The normalized spacial score (nSPS) is 21.5. The van der Waals surface area contributed by atoms with Gasteiger partial charge in [-0.15, -0.1) is 0 Å². The van der Waals surface area contributed by atoms with Gasteiger partial charge in [-0.05, 0) is 32.6 Å². The Labute approximate surface area is 178 Å². The molecule has 2 fully saturated rings. The van der Waals surface area contributed by atoms with Crippen LogP contribution in [-0.4, -0.2) is 51.4 Å². The van der Waals surface area contributed by atoms with Gasteiger partial charge in [-0.2, -0.15) is 23.4 Å². The minimum absolute atomic E-state index is 0.0724. The second-order valence-corrected chi connectivity index (χ2v) is 8.07. The zero-order valence-electron chi connectivity index (χ0n) is 17.7. The predicted octanol–water partition coefficient (Wildman–Crippen LogP) is 4.15. The standard InChI is InChI=1S/C20H25F3N8/c1-11-16(10-31(29-11)14-7-13(8-14)18(24-2)30(4)25-3)27-19-26-9-15(20(21,22)23)17(28-19)12-5-6-12/h9-10,12-14H,3,5-8H2,1-2,4H3,(H,26,27,28). The van der Waals surface area contributed by atoms with Gasteiger partial charge in [0.1, 0.15) is 5.84 Å². The van der Waals surface area contributed by atoms with Crippen LogP contribution in [-0.2, 0) is 6.18 Å². The molecule has 31 heavy (non-hydrogen) atoms. The van der Waals surface area contributed by atoms with Gasteiger partial charge < -0.3 is 5.32 Å². The first-order chi connectivity index (χ1) is 14.7. The van der Waals surface area contributed by atoms with E-state index in [4.69, 9.17) is 0 Å². The Morgan fingerprint density at radius 1 is 1.32 bits per heavy atom. The van der Waals surface area contributed by atoms with E-state index in [0.29, 0.717) is 5.69 Å². The second-order valence-electron chi connectivity index (χ2n) is 8.07. The Morgan fingerprint density at radius 2 is 2.03 bits per heavy atom. The van der Waals surface area contributed by atoms with E-state index in [9.17, 15) is 13.2 Å². The van der Waals surface area contributed by atoms with Gasteiger partial charge in [-0.1, -0.05) is 0 Å². The number of aromatic nitrogens is 4. The van der Waals surface area contributed by atoms with Gasteiger partial charge in [0.15, 0.2) is 0 Å². The third-order valence-corrected chi connectivity index (χ3v) is 5.88. The first kappa shape index (κ1) is 21.3. The van der Waals surface area contributed by atoms with Crippen molar-refractivity contribution in [3.63, 3.8) is 0 Å². The van der Waals surface area contributed by atoms with E-state index < -0.39 is 11.7 Å². The second kappa shape index (κ2) is 7.93. The Balaban J connectivity index is 1.47. The van der Waals surface area contributed by atoms with Crippen LogP contribution >= 0.6 is 0 Å². The van der Waals surface area contributed by atoms with Crippen LogP contribution in [0.15, 0.2) is 22.5 Å². The summed E-state index contributed by atoms with van der Waals surface area (Å²) >= 11 is 0. The molecule has 11 heteroatoms. The van der Waals surface area contributed by atoms with Crippen molar-refractivity contribution in [3.05, 3.63) is 29.3 Å². The van der Waals surface area contributed by atoms with Gasteiger partial charge in [0.2, 0.25) is 5.95 Å². The first-order valence-electron chi connectivity index (χ1n) is 10.1. The van der Waals surface area contributed by atoms with Gasteiger partial charge >= 0.3 is 6.18 Å². The van der Waals surface area contributed by atoms with Crippen molar-refractivity contribution < 1.29 is 13.2 Å². The molecule has 4 rings (SSSR count). The average molecular weight is 434 g/mol. The highest BCUT2D eigenvalue weighted by molar-refractivity contribution is 5.85. The van der Waals surface area contributed by atoms with Crippen LogP contribution in [0.1, 0.15) is 54.6 Å². The molecular formula is C20H25F3N8. The Morgan fingerprint density at radius 3 is 2.61 bits per heavy atom. The number of aryl methyl sites for hydroxylation is 1. The van der Waals surface area contributed by atoms with E-state index in [-0.39, 0.29) is 29.5 Å². The quantitative estimate of drug-likeness (QED) is 0.420. The molecule has 2 aromatic rings. The summed E-state index contributed by atoms with van der Waals surface area (Å²) in [5.41, 5.74) is 0.734. The highest BCUT2D eigenvalue weighted by Gasteiger charge is 2.40. The summed E-state index contributed by atoms with van der Waals surface area (Å²) in [6.45, 7) is 5.38. The maximum Gasteiger partial charge on any atom is 0.419 e. The van der Waals surface area contributed by atoms with Crippen molar-refractivity contribution in [1.29, 1.82) is 0 Å². The summed E-state index contributed by atoms with van der Waals surface area (Å²) in [5.74, 6) is 1.18. The van der Waals surface area contributed by atoms with E-state index in [0.717, 1.165) is 43.4 Å². The van der Waals surface area contributed by atoms with Crippen LogP contribution in [0.2, 0.25) is 0 Å². The van der Waals surface area contributed by atoms with E-state index in [1.807, 2.05) is 24.9 Å². The molecule has 0 atom stereocenters. The summed E-state index contributed by atoms with van der Waals surface area (Å²) in [4.78, 5) is 12.4. The van der Waals surface area contributed by atoms with Crippen LogP contribution in [0.25, 0.3) is 0 Å². The molecule has 2 aliphatic carbocycles. The number of halogens is 3. The van der Waals surface area contributed by atoms with E-state index in [1.165, 1.54) is 0 Å². The van der Waals surface area contributed by atoms with Crippen molar-refractivity contribution in [2.75, 3.05) is 19.4 Å². The Hall–Kier alpha value is -2.98. The third kappa shape index (κ3) is 4.26. The Bertz CT molecular complexity index is 1000. The molecule has 2 heterocycles. The highest BCUT2D eigenvalue weighted by atomic mass is 19.4. The highest BCUT2D eigenvalue weighted by Crippen LogP contribution is 2.45. The number of alkyl halides is 3. The predicted molar refractivity (Wildman–Crippen MR) is 112 cm³/mol. The molecule has 1 N–H and O–H groups in total. The van der Waals surface area contributed by atoms with Crippen LogP contribution in [0.4, 0.5) is 24.8 Å². The minimum atomic E-state index is -4.45. The molecule has 8 nitrogen and oxygen atoms in total. The molecule has 0 saturated heterocycles. The SMILES string of the molecule is C=NN(C)C(=NC)C1CC(n2cc(Nc3ncc(C(F)(F)F)c(C4CC4)n3)c(C)n2)C1. The fourth-order valence-electron chi connectivity index (χ4n) is 3.93. The topological polar surface area (TPSA) is 83.6 Å². The number of anilines is 2. The van der Waals surface area contributed by atoms with Gasteiger partial charge in [0.25, 0.3) is 0 Å². The van der Waals surface area contributed by atoms with Crippen molar-refractivity contribution in [1.82, 2.24) is 24.8 Å². The molecule has 166 valence electrons. The molecule has 0 aliphatic heterocycles. The van der Waals surface area contributed by atoms with Gasteiger partial charge in [-0.25, -0.2) is 9.97 Å². The lowest BCUT2D eigenvalue weighted by Gasteiger charge is -2.37. The van der Waals surface area contributed by atoms with Crippen LogP contribution in [0, 0.1) is 12.8 Å². The van der Waals surface area contributed by atoms with Crippen molar-refractivity contribution in [2.45, 2.75) is 50.7 Å². The minimum Gasteiger partial charge on any atom is -0.321 e. The number of amidine groups is 1. The summed E-state index contributed by atoms with van der Waals surface area (Å²) in [6, 6.07) is 0.213. The molecule has 2 aromatic heterocycles. The fraction of sp³-hybridized carbons (Fsp3) is 0.550. The number of rotatable bonds is 6. The Kier molecular flexibility index (Phi) is 5.44. The summed E-state index contributed by atoms with van der Waals surface area (Å²) < 4.78 is 41.6. The van der Waals surface area contributed by atoms with Gasteiger partial charge in [-0.3, -0.25) is 14.7 Å². The fourth-order valence-corrected chi connectivity index (χ4v) is 3.93. The summed E-state index contributed by atoms with van der Waals surface area (Å²) in [5, 5.41) is 13.2. The van der Waals surface area contributed by atoms with Crippen LogP contribution in [0.3, 0.4) is 0 Å². The van der Waals surface area contributed by atoms with E-state index >= 15 is 0 Å². The van der Waals surface area contributed by atoms with Crippen LogP contribution < -0.4 is 5.32 Å². The first-order valence-corrected chi connectivity index (χ1v) is 10.1. The maximum absolute atomic E-state index is 13.2. The molecule has 2 aliphatic rings. The molecule has 0 radical (unpaired) electrons. The number of hydrazone groups is 1. The smallest absolute Gasteiger partial charge is 0.321 e. The maximum atomic E-state index is 13.2. The monoisotopic (exact) mass is 434 g/mol. The molecule has 2 saturated carbocycles. The lowest BCUT2D eigenvalue weighted by Crippen LogP contribution is -2.39. The molecule has 0 bridgehead atoms. The number of hydrogen-bond donors (Lipinski definition) is 1. The number of nitrogens with zero attached hydrogens (tertiary/aromatic N) is 7. The van der Waals surface area contributed by atoms with Crippen LogP contribution in [0.5, 0.6) is 0 Å². The van der Waals surface area contributed by atoms with Gasteiger partial charge in [0.05, 0.1) is 28.7 Å². The molecule has 0 unspecified atom stereocenters. The summed E-state index contributed by atoms with van der Waals surface area (Å²) in [6.07, 6.45) is 1.46. The summed E-state index contributed by atoms with van der Waals surface area (Å²) in [7, 11) is 3.56. The zero-order chi connectivity index (χ0) is 22.3. The van der Waals surface area contributed by atoms with Gasteiger partial charge in [0, 0.05) is 45.0 Å². The number of hydrogen-bond acceptors (Lipinski definition) is 6. The molecule has 0 aromatic carbocycles. The number of aliphatic imine (C=N–C) groups is 1. The lowest BCUT2D eigenvalue weighted by atomic mass is 9.79. The molecule has 0 amide bonds. The molecular weight excluding hydrogens is 409 g/mol. The number of nitrogens with one attached hydrogen (secondary N) is 1. The lowest BCUT2D eigenvalue weighted by molar-refractivity contribution is -0.138.